The van der Waals surface area contributed by atoms with Crippen LogP contribution in [0.1, 0.15) is 12.6 Å². The highest BCUT2D eigenvalue weighted by Crippen LogP contribution is 2.12. The molecule has 5 nitrogen and oxygen atoms in total. The number of aromatic nitrogens is 1. The lowest BCUT2D eigenvalue weighted by atomic mass is 10.2. The van der Waals surface area contributed by atoms with Gasteiger partial charge in [-0.2, -0.15) is 0 Å². The maximum Gasteiger partial charge on any atom is 0.417 e. The fraction of sp³-hybridized carbons (Fsp3) is 0.364. The topological polar surface area (TPSA) is 59.5 Å². The van der Waals surface area contributed by atoms with Crippen LogP contribution in [0.25, 0.3) is 0 Å². The molecule has 0 saturated carbocycles. The van der Waals surface area contributed by atoms with Gasteiger partial charge in [0.25, 0.3) is 5.91 Å². The molecular formula is C11H13ClN2O3. The predicted molar refractivity (Wildman–Crippen MR) is 62.8 cm³/mol. The Labute approximate surface area is 105 Å². The highest BCUT2D eigenvalue weighted by molar-refractivity contribution is 5.99. The highest BCUT2D eigenvalue weighted by atomic mass is 35.5. The van der Waals surface area contributed by atoms with E-state index in [0.717, 1.165) is 10.6 Å². The van der Waals surface area contributed by atoms with Gasteiger partial charge in [-0.15, -0.1) is 12.4 Å². The SMILES string of the molecule is CC1OC(=O)N(CCc2ccccn2)C1=O.Cl. The summed E-state index contributed by atoms with van der Waals surface area (Å²) >= 11 is 0. The third-order valence-corrected chi connectivity index (χ3v) is 2.43. The number of halogens is 1. The van der Waals surface area contributed by atoms with E-state index in [2.05, 4.69) is 4.98 Å². The largest absolute Gasteiger partial charge is 0.436 e. The highest BCUT2D eigenvalue weighted by Gasteiger charge is 2.37. The molecule has 1 atom stereocenters. The molecule has 92 valence electrons. The number of pyridine rings is 1. The maximum absolute atomic E-state index is 11.5. The third-order valence-electron chi connectivity index (χ3n) is 2.43. The van der Waals surface area contributed by atoms with E-state index in [0.29, 0.717) is 13.0 Å². The molecule has 6 heteroatoms. The number of hydrogen-bond donors (Lipinski definition) is 0. The van der Waals surface area contributed by atoms with Gasteiger partial charge in [0.1, 0.15) is 0 Å². The zero-order valence-electron chi connectivity index (χ0n) is 9.33. The Morgan fingerprint density at radius 3 is 2.71 bits per heavy atom. The van der Waals surface area contributed by atoms with Crippen LogP contribution in [0.3, 0.4) is 0 Å². The monoisotopic (exact) mass is 256 g/mol. The van der Waals surface area contributed by atoms with Crippen molar-refractivity contribution < 1.29 is 14.3 Å². The Bertz CT molecular complexity index is 410. The second-order valence-electron chi connectivity index (χ2n) is 3.59. The number of nitrogens with zero attached hydrogens (tertiary/aromatic N) is 2. The molecule has 1 aliphatic heterocycles. The zero-order valence-corrected chi connectivity index (χ0v) is 10.1. The number of carbonyl (C=O) groups excluding carboxylic acids is 2. The van der Waals surface area contributed by atoms with Gasteiger partial charge in [0.05, 0.1) is 0 Å². The van der Waals surface area contributed by atoms with Crippen LogP contribution < -0.4 is 0 Å². The Kier molecular flexibility index (Phi) is 4.45. The predicted octanol–water partition coefficient (Wildman–Crippen LogP) is 1.41. The van der Waals surface area contributed by atoms with Crippen LogP contribution in [0.4, 0.5) is 4.79 Å². The van der Waals surface area contributed by atoms with E-state index in [4.69, 9.17) is 4.74 Å². The average molecular weight is 257 g/mol. The van der Waals surface area contributed by atoms with Gasteiger partial charge in [0.15, 0.2) is 6.10 Å². The molecule has 2 rings (SSSR count). The van der Waals surface area contributed by atoms with E-state index < -0.39 is 12.2 Å². The molecule has 1 saturated heterocycles. The minimum absolute atomic E-state index is 0. The summed E-state index contributed by atoms with van der Waals surface area (Å²) in [5, 5.41) is 0. The molecule has 1 unspecified atom stereocenters. The Morgan fingerprint density at radius 1 is 1.41 bits per heavy atom. The minimum Gasteiger partial charge on any atom is -0.436 e. The van der Waals surface area contributed by atoms with E-state index in [-0.39, 0.29) is 18.3 Å². The standard InChI is InChI=1S/C11H12N2O3.ClH/c1-8-10(14)13(11(15)16-8)7-5-9-4-2-3-6-12-9;/h2-4,6,8H,5,7H2,1H3;1H. The van der Waals surface area contributed by atoms with Gasteiger partial charge in [-0.05, 0) is 19.1 Å². The molecule has 1 aromatic rings. The number of rotatable bonds is 3. The molecule has 1 aromatic heterocycles. The third kappa shape index (κ3) is 2.94. The number of ether oxygens (including phenoxy) is 1. The van der Waals surface area contributed by atoms with Gasteiger partial charge in [0, 0.05) is 24.9 Å². The first-order valence-corrected chi connectivity index (χ1v) is 5.10. The van der Waals surface area contributed by atoms with Crippen molar-refractivity contribution in [2.45, 2.75) is 19.4 Å². The Hall–Kier alpha value is -1.62. The van der Waals surface area contributed by atoms with Crippen molar-refractivity contribution in [1.82, 2.24) is 9.88 Å². The van der Waals surface area contributed by atoms with Crippen LogP contribution in [0.2, 0.25) is 0 Å². The van der Waals surface area contributed by atoms with Crippen molar-refractivity contribution in [2.24, 2.45) is 0 Å². The van der Waals surface area contributed by atoms with E-state index in [1.165, 1.54) is 0 Å². The van der Waals surface area contributed by atoms with Crippen molar-refractivity contribution in [3.8, 4) is 0 Å². The molecule has 2 amide bonds. The molecule has 0 spiro atoms. The lowest BCUT2D eigenvalue weighted by molar-refractivity contribution is -0.129. The summed E-state index contributed by atoms with van der Waals surface area (Å²) in [5.74, 6) is -0.277. The van der Waals surface area contributed by atoms with Crippen molar-refractivity contribution in [2.75, 3.05) is 6.54 Å². The van der Waals surface area contributed by atoms with Gasteiger partial charge in [-0.3, -0.25) is 9.78 Å². The second-order valence-corrected chi connectivity index (χ2v) is 3.59. The Balaban J connectivity index is 0.00000144. The molecule has 0 aliphatic carbocycles. The average Bonchev–Trinajstić information content (AvgIpc) is 2.53. The number of amides is 2. The summed E-state index contributed by atoms with van der Waals surface area (Å²) < 4.78 is 4.79. The molecule has 0 aromatic carbocycles. The fourth-order valence-electron chi connectivity index (χ4n) is 1.55. The molecule has 0 bridgehead atoms. The lowest BCUT2D eigenvalue weighted by Gasteiger charge is -2.09. The van der Waals surface area contributed by atoms with E-state index >= 15 is 0 Å². The van der Waals surface area contributed by atoms with Crippen molar-refractivity contribution in [1.29, 1.82) is 0 Å². The molecule has 0 radical (unpaired) electrons. The van der Waals surface area contributed by atoms with Crippen LogP contribution >= 0.6 is 12.4 Å². The summed E-state index contributed by atoms with van der Waals surface area (Å²) in [4.78, 5) is 28.0. The second kappa shape index (κ2) is 5.63. The summed E-state index contributed by atoms with van der Waals surface area (Å²) in [5.41, 5.74) is 0.850. The zero-order chi connectivity index (χ0) is 11.5. The summed E-state index contributed by atoms with van der Waals surface area (Å²) in [6.07, 6.45) is 1.01. The number of hydrogen-bond acceptors (Lipinski definition) is 4. The van der Waals surface area contributed by atoms with Gasteiger partial charge < -0.3 is 4.74 Å². The molecule has 1 aliphatic rings. The number of imide groups is 1. The molecule has 2 heterocycles. The molecule has 1 fully saturated rings. The van der Waals surface area contributed by atoms with E-state index in [9.17, 15) is 9.59 Å². The summed E-state index contributed by atoms with van der Waals surface area (Å²) in [6, 6.07) is 5.55. The first-order chi connectivity index (χ1) is 7.68. The van der Waals surface area contributed by atoms with E-state index in [1.807, 2.05) is 18.2 Å². The maximum atomic E-state index is 11.5. The van der Waals surface area contributed by atoms with Gasteiger partial charge in [-0.1, -0.05) is 6.07 Å². The Morgan fingerprint density at radius 2 is 2.18 bits per heavy atom. The van der Waals surface area contributed by atoms with Gasteiger partial charge >= 0.3 is 6.09 Å². The number of cyclic esters (lactones) is 1. The first kappa shape index (κ1) is 13.4. The minimum atomic E-state index is -0.656. The normalized spacial score (nSPS) is 18.9. The van der Waals surface area contributed by atoms with Crippen LogP contribution in [0, 0.1) is 0 Å². The number of carbonyl (C=O) groups is 2. The summed E-state index contributed by atoms with van der Waals surface area (Å²) in [7, 11) is 0. The van der Waals surface area contributed by atoms with Crippen LogP contribution in [-0.4, -0.2) is 34.5 Å². The lowest BCUT2D eigenvalue weighted by Crippen LogP contribution is -2.32. The quantitative estimate of drug-likeness (QED) is 0.821. The van der Waals surface area contributed by atoms with Crippen molar-refractivity contribution >= 4 is 24.4 Å². The molecule has 0 N–H and O–H groups in total. The molecular weight excluding hydrogens is 244 g/mol. The van der Waals surface area contributed by atoms with Crippen LogP contribution in [-0.2, 0) is 16.0 Å². The van der Waals surface area contributed by atoms with E-state index in [1.54, 1.807) is 13.1 Å². The van der Waals surface area contributed by atoms with Crippen molar-refractivity contribution in [3.05, 3.63) is 30.1 Å². The first-order valence-electron chi connectivity index (χ1n) is 5.10. The summed E-state index contributed by atoms with van der Waals surface area (Å²) in [6.45, 7) is 1.89. The van der Waals surface area contributed by atoms with Gasteiger partial charge in [0.2, 0.25) is 0 Å². The fourth-order valence-corrected chi connectivity index (χ4v) is 1.55. The van der Waals surface area contributed by atoms with Gasteiger partial charge in [-0.25, -0.2) is 9.69 Å². The van der Waals surface area contributed by atoms with Crippen LogP contribution in [0.5, 0.6) is 0 Å². The van der Waals surface area contributed by atoms with Crippen LogP contribution in [0.15, 0.2) is 24.4 Å². The van der Waals surface area contributed by atoms with Crippen molar-refractivity contribution in [3.63, 3.8) is 0 Å². The molecule has 17 heavy (non-hydrogen) atoms. The smallest absolute Gasteiger partial charge is 0.417 e.